The first kappa shape index (κ1) is 29.3. The van der Waals surface area contributed by atoms with Crippen LogP contribution in [-0.2, 0) is 25.5 Å². The lowest BCUT2D eigenvalue weighted by Gasteiger charge is -2.20. The van der Waals surface area contributed by atoms with Crippen molar-refractivity contribution in [1.29, 1.82) is 0 Å². The second-order valence-corrected chi connectivity index (χ2v) is 11.2. The number of hydrogen-bond donors (Lipinski definition) is 2. The lowest BCUT2D eigenvalue weighted by Crippen LogP contribution is -2.42. The van der Waals surface area contributed by atoms with Crippen molar-refractivity contribution in [3.8, 4) is 16.9 Å². The highest BCUT2D eigenvalue weighted by molar-refractivity contribution is 5.91. The number of hydrogen-bond acceptors (Lipinski definition) is 7. The van der Waals surface area contributed by atoms with E-state index in [0.29, 0.717) is 23.6 Å². The summed E-state index contributed by atoms with van der Waals surface area (Å²) in [6, 6.07) is 13.9. The first-order valence-electron chi connectivity index (χ1n) is 14.6. The maximum absolute atomic E-state index is 14.3. The molecule has 0 bridgehead atoms. The minimum atomic E-state index is -0.996. The van der Waals surface area contributed by atoms with Gasteiger partial charge in [0, 0.05) is 55.1 Å². The van der Waals surface area contributed by atoms with Crippen molar-refractivity contribution >= 4 is 22.9 Å². The van der Waals surface area contributed by atoms with E-state index >= 15 is 0 Å². The molecular weight excluding hydrogens is 594 g/mol. The fraction of sp³-hybridized carbons (Fsp3) is 0.219. The zero-order chi connectivity index (χ0) is 31.9. The number of nitrogens with zero attached hydrogens (tertiary/aromatic N) is 8. The Labute approximate surface area is 262 Å². The van der Waals surface area contributed by atoms with E-state index in [0.717, 1.165) is 45.5 Å². The Hall–Kier alpha value is -5.47. The molecule has 6 aromatic rings. The van der Waals surface area contributed by atoms with Crippen LogP contribution in [0.5, 0.6) is 0 Å². The summed E-state index contributed by atoms with van der Waals surface area (Å²) in [5, 5.41) is 21.9. The zero-order valence-electron chi connectivity index (χ0n) is 25.2. The van der Waals surface area contributed by atoms with Gasteiger partial charge in [0.25, 0.3) is 0 Å². The van der Waals surface area contributed by atoms with Crippen LogP contribution in [0.1, 0.15) is 22.8 Å². The Kier molecular flexibility index (Phi) is 7.50. The number of nitrogens with one attached hydrogen (secondary N) is 2. The van der Waals surface area contributed by atoms with E-state index in [-0.39, 0.29) is 6.54 Å². The standard InChI is InChI=1S/C32H30F2N10O2/c1-19-28(22-11-23-15-37-42(3)31(23)35-14-22)40-44(24-7-5-4-6-8-24)30(19)39-32(45)38-27-18-43(17-20-13-36-41(2)16-20)46-29(27)21-9-10-25(33)26(34)12-21/h4-16,27,29H,17-18H2,1-3H3,(H2,38,39,45)/t27-,29+/m1/s1. The van der Waals surface area contributed by atoms with E-state index in [9.17, 15) is 13.6 Å². The highest BCUT2D eigenvalue weighted by Gasteiger charge is 2.37. The number of amides is 2. The predicted molar refractivity (Wildman–Crippen MR) is 166 cm³/mol. The van der Waals surface area contributed by atoms with Crippen LogP contribution < -0.4 is 10.6 Å². The van der Waals surface area contributed by atoms with Crippen molar-refractivity contribution in [2.24, 2.45) is 14.1 Å². The summed E-state index contributed by atoms with van der Waals surface area (Å²) >= 11 is 0. The van der Waals surface area contributed by atoms with Crippen molar-refractivity contribution in [3.63, 3.8) is 0 Å². The fourth-order valence-corrected chi connectivity index (χ4v) is 5.71. The monoisotopic (exact) mass is 624 g/mol. The number of benzene rings is 2. The number of anilines is 1. The molecule has 1 aliphatic heterocycles. The second kappa shape index (κ2) is 11.8. The molecule has 1 saturated heterocycles. The molecule has 0 spiro atoms. The number of para-hydroxylation sites is 1. The average Bonchev–Trinajstić information content (AvgIpc) is 3.82. The molecule has 0 saturated carbocycles. The molecule has 234 valence electrons. The van der Waals surface area contributed by atoms with Gasteiger partial charge in [0.05, 0.1) is 36.4 Å². The number of rotatable bonds is 7. The van der Waals surface area contributed by atoms with Gasteiger partial charge in [-0.2, -0.15) is 20.4 Å². The van der Waals surface area contributed by atoms with Crippen LogP contribution in [0.2, 0.25) is 0 Å². The number of pyridine rings is 1. The van der Waals surface area contributed by atoms with Gasteiger partial charge < -0.3 is 5.32 Å². The van der Waals surface area contributed by atoms with Crippen molar-refractivity contribution in [1.82, 2.24) is 44.7 Å². The lowest BCUT2D eigenvalue weighted by molar-refractivity contribution is -0.155. The highest BCUT2D eigenvalue weighted by Crippen LogP contribution is 2.33. The van der Waals surface area contributed by atoms with Gasteiger partial charge in [-0.1, -0.05) is 24.3 Å². The smallest absolute Gasteiger partial charge is 0.320 e. The molecule has 2 aromatic carbocycles. The normalized spacial score (nSPS) is 16.7. The largest absolute Gasteiger partial charge is 0.331 e. The molecule has 7 rings (SSSR count). The molecule has 0 unspecified atom stereocenters. The summed E-state index contributed by atoms with van der Waals surface area (Å²) in [6.07, 6.45) is 6.28. The van der Waals surface area contributed by atoms with Gasteiger partial charge in [-0.05, 0) is 42.8 Å². The van der Waals surface area contributed by atoms with E-state index in [4.69, 9.17) is 9.94 Å². The Bertz CT molecular complexity index is 2050. The van der Waals surface area contributed by atoms with E-state index in [2.05, 4.69) is 25.8 Å². The minimum absolute atomic E-state index is 0.283. The molecule has 14 heteroatoms. The van der Waals surface area contributed by atoms with Gasteiger partial charge >= 0.3 is 6.03 Å². The quantitative estimate of drug-likeness (QED) is 0.261. The Morgan fingerprint density at radius 1 is 1.02 bits per heavy atom. The first-order chi connectivity index (χ1) is 22.2. The second-order valence-electron chi connectivity index (χ2n) is 11.2. The number of carbonyl (C=O) groups is 1. The number of urea groups is 1. The Morgan fingerprint density at radius 3 is 2.61 bits per heavy atom. The molecule has 2 N–H and O–H groups in total. The molecule has 1 fully saturated rings. The molecule has 0 radical (unpaired) electrons. The third kappa shape index (κ3) is 5.59. The fourth-order valence-electron chi connectivity index (χ4n) is 5.71. The van der Waals surface area contributed by atoms with Crippen LogP contribution in [0.3, 0.4) is 0 Å². The topological polar surface area (TPSA) is 120 Å². The zero-order valence-corrected chi connectivity index (χ0v) is 25.2. The first-order valence-corrected chi connectivity index (χ1v) is 14.6. The summed E-state index contributed by atoms with van der Waals surface area (Å²) in [5.74, 6) is -1.50. The van der Waals surface area contributed by atoms with Crippen molar-refractivity contribution in [2.75, 3.05) is 11.9 Å². The SMILES string of the molecule is Cc1c(-c2cnc3c(cnn3C)c2)nn(-c2ccccc2)c1NC(=O)N[C@@H]1CN(Cc2cnn(C)c2)O[C@H]1c1ccc(F)c(F)c1. The molecule has 0 aliphatic carbocycles. The predicted octanol–water partition coefficient (Wildman–Crippen LogP) is 4.82. The van der Waals surface area contributed by atoms with Gasteiger partial charge in [-0.15, -0.1) is 0 Å². The molecule has 1 aliphatic rings. The molecule has 5 heterocycles. The maximum Gasteiger partial charge on any atom is 0.320 e. The van der Waals surface area contributed by atoms with Crippen LogP contribution in [0.25, 0.3) is 28.0 Å². The van der Waals surface area contributed by atoms with Gasteiger partial charge in [0.2, 0.25) is 0 Å². The van der Waals surface area contributed by atoms with Crippen molar-refractivity contribution in [3.05, 3.63) is 108 Å². The highest BCUT2D eigenvalue weighted by atomic mass is 19.2. The van der Waals surface area contributed by atoms with Gasteiger partial charge in [0.15, 0.2) is 17.3 Å². The Morgan fingerprint density at radius 2 is 1.85 bits per heavy atom. The van der Waals surface area contributed by atoms with Crippen molar-refractivity contribution in [2.45, 2.75) is 25.6 Å². The summed E-state index contributed by atoms with van der Waals surface area (Å²) in [7, 11) is 3.64. The maximum atomic E-state index is 14.3. The van der Waals surface area contributed by atoms with Crippen LogP contribution in [-0.4, -0.2) is 58.0 Å². The van der Waals surface area contributed by atoms with Crippen LogP contribution in [0.15, 0.2) is 79.4 Å². The van der Waals surface area contributed by atoms with Crippen LogP contribution >= 0.6 is 0 Å². The molecule has 2 atom stereocenters. The van der Waals surface area contributed by atoms with E-state index in [1.807, 2.05) is 63.6 Å². The van der Waals surface area contributed by atoms with Crippen LogP contribution in [0.4, 0.5) is 19.4 Å². The van der Waals surface area contributed by atoms with Gasteiger partial charge in [-0.25, -0.2) is 23.2 Å². The number of aryl methyl sites for hydroxylation is 2. The van der Waals surface area contributed by atoms with Crippen LogP contribution in [0, 0.1) is 18.6 Å². The lowest BCUT2D eigenvalue weighted by atomic mass is 10.0. The summed E-state index contributed by atoms with van der Waals surface area (Å²) in [4.78, 5) is 24.4. The van der Waals surface area contributed by atoms with E-state index < -0.39 is 29.8 Å². The molecule has 2 amide bonds. The molecular formula is C32H30F2N10O2. The van der Waals surface area contributed by atoms with E-state index in [1.54, 1.807) is 37.7 Å². The number of fused-ring (bicyclic) bond motifs is 1. The molecule has 46 heavy (non-hydrogen) atoms. The third-order valence-electron chi connectivity index (χ3n) is 7.93. The minimum Gasteiger partial charge on any atom is -0.331 e. The summed E-state index contributed by atoms with van der Waals surface area (Å²) in [5.41, 5.74) is 4.91. The van der Waals surface area contributed by atoms with Gasteiger partial charge in [-0.3, -0.25) is 19.5 Å². The van der Waals surface area contributed by atoms with E-state index in [1.165, 1.54) is 6.07 Å². The summed E-state index contributed by atoms with van der Waals surface area (Å²) in [6.45, 7) is 2.54. The molecule has 4 aromatic heterocycles. The Balaban J connectivity index is 1.18. The summed E-state index contributed by atoms with van der Waals surface area (Å²) < 4.78 is 33.1. The number of halogens is 2. The number of hydroxylamine groups is 2. The average molecular weight is 625 g/mol. The number of carbonyl (C=O) groups excluding carboxylic acids is 1. The number of aromatic nitrogens is 7. The third-order valence-corrected chi connectivity index (χ3v) is 7.93. The van der Waals surface area contributed by atoms with Gasteiger partial charge in [0.1, 0.15) is 11.9 Å². The van der Waals surface area contributed by atoms with Crippen molar-refractivity contribution < 1.29 is 18.4 Å². The molecule has 12 nitrogen and oxygen atoms in total.